The summed E-state index contributed by atoms with van der Waals surface area (Å²) in [5, 5.41) is 0. The van der Waals surface area contributed by atoms with Gasteiger partial charge in [-0.1, -0.05) is 109 Å². The van der Waals surface area contributed by atoms with Crippen molar-refractivity contribution >= 4 is 19.8 Å². The molecular weight excluding hydrogens is 557 g/mol. The van der Waals surface area contributed by atoms with E-state index < -0.39 is 32.5 Å². The van der Waals surface area contributed by atoms with Crippen LogP contribution in [0.4, 0.5) is 0 Å². The van der Waals surface area contributed by atoms with Crippen molar-refractivity contribution in [1.82, 2.24) is 0 Å². The van der Waals surface area contributed by atoms with E-state index in [4.69, 9.17) is 24.3 Å². The largest absolute Gasteiger partial charge is 0.472 e. The van der Waals surface area contributed by atoms with Gasteiger partial charge in [0.1, 0.15) is 6.61 Å². The van der Waals surface area contributed by atoms with Crippen LogP contribution in [0.3, 0.4) is 0 Å². The maximum atomic E-state index is 12.3. The third kappa shape index (κ3) is 28.6. The molecule has 0 saturated heterocycles. The molecule has 3 N–H and O–H groups in total. The van der Waals surface area contributed by atoms with Gasteiger partial charge >= 0.3 is 19.8 Å². The first kappa shape index (κ1) is 40.5. The van der Waals surface area contributed by atoms with Crippen LogP contribution in [-0.4, -0.2) is 49.3 Å². The smallest absolute Gasteiger partial charge is 0.462 e. The first-order valence-electron chi connectivity index (χ1n) is 16.3. The van der Waals surface area contributed by atoms with Crippen LogP contribution in [0, 0.1) is 0 Å². The second-order valence-corrected chi connectivity index (χ2v) is 12.1. The lowest BCUT2D eigenvalue weighted by molar-refractivity contribution is -0.161. The number of phosphoric ester groups is 1. The van der Waals surface area contributed by atoms with Gasteiger partial charge in [0, 0.05) is 19.4 Å². The van der Waals surface area contributed by atoms with Crippen LogP contribution in [0.15, 0.2) is 24.3 Å². The topological polar surface area (TPSA) is 134 Å². The van der Waals surface area contributed by atoms with Crippen molar-refractivity contribution < 1.29 is 37.6 Å². The molecule has 0 heterocycles. The van der Waals surface area contributed by atoms with Gasteiger partial charge in [-0.15, -0.1) is 0 Å². The summed E-state index contributed by atoms with van der Waals surface area (Å²) in [6.45, 7) is 3.59. The van der Waals surface area contributed by atoms with Gasteiger partial charge in [0.2, 0.25) is 0 Å². The third-order valence-corrected chi connectivity index (χ3v) is 7.57. The Morgan fingerprint density at radius 3 is 1.88 bits per heavy atom. The van der Waals surface area contributed by atoms with Crippen LogP contribution >= 0.6 is 7.82 Å². The van der Waals surface area contributed by atoms with Crippen LogP contribution in [0.2, 0.25) is 0 Å². The highest BCUT2D eigenvalue weighted by Gasteiger charge is 2.25. The normalized spacial score (nSPS) is 13.9. The predicted octanol–water partition coefficient (Wildman–Crippen LogP) is 8.10. The minimum atomic E-state index is -4.36. The summed E-state index contributed by atoms with van der Waals surface area (Å²) in [6, 6.07) is 0. The second kappa shape index (κ2) is 29.6. The number of hydrogen-bond acceptors (Lipinski definition) is 8. The fraction of sp³-hybridized carbons (Fsp3) is 0.812. The first-order valence-corrected chi connectivity index (χ1v) is 17.8. The Kier molecular flexibility index (Phi) is 28.5. The second-order valence-electron chi connectivity index (χ2n) is 10.7. The number of carbonyl (C=O) groups is 2. The number of nitrogens with two attached hydrogens (primary N) is 1. The molecule has 42 heavy (non-hydrogen) atoms. The molecule has 246 valence electrons. The van der Waals surface area contributed by atoms with Gasteiger partial charge in [-0.25, -0.2) is 4.57 Å². The van der Waals surface area contributed by atoms with E-state index in [9.17, 15) is 19.0 Å². The van der Waals surface area contributed by atoms with Crippen molar-refractivity contribution in [3.8, 4) is 0 Å². The maximum Gasteiger partial charge on any atom is 0.472 e. The number of ether oxygens (including phenoxy) is 2. The average molecular weight is 618 g/mol. The van der Waals surface area contributed by atoms with Gasteiger partial charge < -0.3 is 20.1 Å². The molecule has 0 saturated carbocycles. The lowest BCUT2D eigenvalue weighted by atomic mass is 10.1. The SMILES string of the molecule is CCCC/C=C/C/C=C/CCCCCCCC(=O)OC[C@@H](COP(=O)(O)OCCN)OC(=O)CCCCCCCCC. The minimum Gasteiger partial charge on any atom is -0.462 e. The molecule has 9 nitrogen and oxygen atoms in total. The predicted molar refractivity (Wildman–Crippen MR) is 169 cm³/mol. The third-order valence-electron chi connectivity index (χ3n) is 6.59. The van der Waals surface area contributed by atoms with Gasteiger partial charge in [0.15, 0.2) is 6.10 Å². The molecule has 0 aromatic carbocycles. The maximum absolute atomic E-state index is 12.3. The highest BCUT2D eigenvalue weighted by atomic mass is 31.2. The summed E-state index contributed by atoms with van der Waals surface area (Å²) in [5.41, 5.74) is 5.30. The van der Waals surface area contributed by atoms with E-state index in [1.54, 1.807) is 0 Å². The average Bonchev–Trinajstić information content (AvgIpc) is 2.97. The molecule has 0 aliphatic carbocycles. The number of rotatable bonds is 30. The zero-order valence-electron chi connectivity index (χ0n) is 26.5. The number of esters is 2. The molecule has 0 rings (SSSR count). The van der Waals surface area contributed by atoms with E-state index in [0.717, 1.165) is 70.6 Å². The molecule has 0 radical (unpaired) electrons. The van der Waals surface area contributed by atoms with E-state index in [1.807, 2.05) is 0 Å². The molecule has 2 atom stereocenters. The Hall–Kier alpha value is -1.51. The minimum absolute atomic E-state index is 0.0521. The van der Waals surface area contributed by atoms with E-state index in [-0.39, 0.29) is 32.6 Å². The zero-order chi connectivity index (χ0) is 31.2. The molecule has 0 bridgehead atoms. The molecule has 0 aromatic rings. The summed E-state index contributed by atoms with van der Waals surface area (Å²) < 4.78 is 32.4. The van der Waals surface area contributed by atoms with Crippen molar-refractivity contribution in [2.75, 3.05) is 26.4 Å². The Bertz CT molecular complexity index is 759. The standard InChI is InChI=1S/C32H60NO8P/c1-3-5-7-9-11-12-13-14-15-16-17-19-20-22-24-31(34)38-28-30(29-40-42(36,37)39-27-26-33)41-32(35)25-23-21-18-10-8-6-4-2/h9,11,13-14,30H,3-8,10,12,15-29,33H2,1-2H3,(H,36,37)/b11-9+,14-13+/t30-/m0/s1. The van der Waals surface area contributed by atoms with Gasteiger partial charge in [0.05, 0.1) is 13.2 Å². The van der Waals surface area contributed by atoms with Crippen molar-refractivity contribution in [1.29, 1.82) is 0 Å². The number of carbonyl (C=O) groups excluding carboxylic acids is 2. The molecule has 0 spiro atoms. The van der Waals surface area contributed by atoms with Crippen LogP contribution in [0.5, 0.6) is 0 Å². The van der Waals surface area contributed by atoms with Gasteiger partial charge in [-0.2, -0.15) is 0 Å². The van der Waals surface area contributed by atoms with Gasteiger partial charge in [-0.05, 0) is 38.5 Å². The number of phosphoric acid groups is 1. The summed E-state index contributed by atoms with van der Waals surface area (Å²) >= 11 is 0. The van der Waals surface area contributed by atoms with Crippen LogP contribution in [0.1, 0.15) is 136 Å². The van der Waals surface area contributed by atoms with Crippen LogP contribution in [0.25, 0.3) is 0 Å². The lowest BCUT2D eigenvalue weighted by Gasteiger charge is -2.19. The Morgan fingerprint density at radius 2 is 1.26 bits per heavy atom. The summed E-state index contributed by atoms with van der Waals surface area (Å²) in [4.78, 5) is 34.4. The van der Waals surface area contributed by atoms with Crippen LogP contribution in [-0.2, 0) is 32.7 Å². The molecule has 0 aromatic heterocycles. The molecule has 0 aliphatic heterocycles. The van der Waals surface area contributed by atoms with Crippen molar-refractivity contribution in [3.05, 3.63) is 24.3 Å². The van der Waals surface area contributed by atoms with E-state index in [1.165, 1.54) is 32.1 Å². The summed E-state index contributed by atoms with van der Waals surface area (Å²) in [5.74, 6) is -0.855. The van der Waals surface area contributed by atoms with E-state index in [2.05, 4.69) is 38.2 Å². The van der Waals surface area contributed by atoms with Gasteiger partial charge in [-0.3, -0.25) is 18.6 Å². The van der Waals surface area contributed by atoms with Crippen LogP contribution < -0.4 is 5.73 Å². The Balaban J connectivity index is 4.27. The van der Waals surface area contributed by atoms with E-state index >= 15 is 0 Å². The van der Waals surface area contributed by atoms with Crippen molar-refractivity contribution in [2.24, 2.45) is 5.73 Å². The molecular formula is C32H60NO8P. The Labute approximate surface area is 255 Å². The zero-order valence-corrected chi connectivity index (χ0v) is 27.4. The Morgan fingerprint density at radius 1 is 0.714 bits per heavy atom. The monoisotopic (exact) mass is 617 g/mol. The number of allylic oxidation sites excluding steroid dienone is 4. The lowest BCUT2D eigenvalue weighted by Crippen LogP contribution is -2.29. The summed E-state index contributed by atoms with van der Waals surface area (Å²) in [6.07, 6.45) is 26.6. The number of hydrogen-bond donors (Lipinski definition) is 2. The fourth-order valence-electron chi connectivity index (χ4n) is 4.12. The molecule has 1 unspecified atom stereocenters. The highest BCUT2D eigenvalue weighted by Crippen LogP contribution is 2.43. The number of unbranched alkanes of at least 4 members (excludes halogenated alkanes) is 13. The first-order chi connectivity index (χ1) is 20.3. The molecule has 10 heteroatoms. The fourth-order valence-corrected chi connectivity index (χ4v) is 4.88. The molecule has 0 amide bonds. The summed E-state index contributed by atoms with van der Waals surface area (Å²) in [7, 11) is -4.36. The van der Waals surface area contributed by atoms with Gasteiger partial charge in [0.25, 0.3) is 0 Å². The quantitative estimate of drug-likeness (QED) is 0.0355. The molecule has 0 aliphatic rings. The van der Waals surface area contributed by atoms with E-state index in [0.29, 0.717) is 6.42 Å². The molecule has 0 fully saturated rings. The highest BCUT2D eigenvalue weighted by molar-refractivity contribution is 7.47. The van der Waals surface area contributed by atoms with Crippen molar-refractivity contribution in [2.45, 2.75) is 142 Å². The van der Waals surface area contributed by atoms with Crippen molar-refractivity contribution in [3.63, 3.8) is 0 Å².